The van der Waals surface area contributed by atoms with E-state index in [4.69, 9.17) is 10.0 Å². The summed E-state index contributed by atoms with van der Waals surface area (Å²) in [6.45, 7) is 0. The molecule has 0 saturated heterocycles. The van der Waals surface area contributed by atoms with Crippen molar-refractivity contribution >= 4 is 17.7 Å². The van der Waals surface area contributed by atoms with Crippen LogP contribution in [0.15, 0.2) is 35.2 Å². The molecule has 1 aromatic carbocycles. The van der Waals surface area contributed by atoms with Crippen molar-refractivity contribution in [1.82, 2.24) is 4.72 Å². The SMILES string of the molecule is CNS(=O)(=O)c1ccccc1.O[B]O. The third kappa shape index (κ3) is 4.38. The molecule has 0 atom stereocenters. The Morgan fingerprint density at radius 3 is 2.00 bits per heavy atom. The molecule has 0 bridgehead atoms. The molecule has 1 aromatic rings. The first-order chi connectivity index (χ1) is 6.58. The lowest BCUT2D eigenvalue weighted by atomic mass is 10.4. The van der Waals surface area contributed by atoms with Crippen LogP contribution in [0.3, 0.4) is 0 Å². The molecule has 1 rings (SSSR count). The maximum absolute atomic E-state index is 11.1. The molecule has 0 heterocycles. The predicted octanol–water partition coefficient (Wildman–Crippen LogP) is -0.900. The third-order valence-electron chi connectivity index (χ3n) is 1.32. The van der Waals surface area contributed by atoms with E-state index in [1.54, 1.807) is 30.3 Å². The van der Waals surface area contributed by atoms with Crippen molar-refractivity contribution in [2.75, 3.05) is 7.05 Å². The number of nitrogens with one attached hydrogen (secondary N) is 1. The summed E-state index contributed by atoms with van der Waals surface area (Å²) < 4.78 is 24.4. The van der Waals surface area contributed by atoms with Gasteiger partial charge in [0.25, 0.3) is 0 Å². The van der Waals surface area contributed by atoms with E-state index in [1.165, 1.54) is 7.05 Å². The van der Waals surface area contributed by atoms with Crippen LogP contribution < -0.4 is 4.72 Å². The molecule has 0 saturated carbocycles. The first kappa shape index (κ1) is 13.1. The van der Waals surface area contributed by atoms with Crippen LogP contribution in [0, 0.1) is 0 Å². The van der Waals surface area contributed by atoms with Crippen LogP contribution in [0.25, 0.3) is 0 Å². The first-order valence-corrected chi connectivity index (χ1v) is 5.15. The minimum absolute atomic E-state index is 0. The molecule has 0 aliphatic rings. The Balaban J connectivity index is 0.000000500. The Kier molecular flexibility index (Phi) is 6.14. The number of hydrogen-bond donors (Lipinski definition) is 3. The first-order valence-electron chi connectivity index (χ1n) is 3.67. The van der Waals surface area contributed by atoms with Crippen molar-refractivity contribution in [1.29, 1.82) is 0 Å². The van der Waals surface area contributed by atoms with Crippen molar-refractivity contribution in [3.63, 3.8) is 0 Å². The fourth-order valence-electron chi connectivity index (χ4n) is 0.717. The quantitative estimate of drug-likeness (QED) is 0.559. The maximum atomic E-state index is 11.1. The van der Waals surface area contributed by atoms with Gasteiger partial charge in [0, 0.05) is 0 Å². The molecular weight excluding hydrogens is 205 g/mol. The van der Waals surface area contributed by atoms with Gasteiger partial charge in [-0.25, -0.2) is 13.1 Å². The molecule has 77 valence electrons. The van der Waals surface area contributed by atoms with Gasteiger partial charge >= 0.3 is 7.69 Å². The van der Waals surface area contributed by atoms with Gasteiger partial charge < -0.3 is 10.0 Å². The van der Waals surface area contributed by atoms with Crippen LogP contribution in [0.5, 0.6) is 0 Å². The summed E-state index contributed by atoms with van der Waals surface area (Å²) in [6.07, 6.45) is 0. The van der Waals surface area contributed by atoms with Crippen molar-refractivity contribution in [3.8, 4) is 0 Å². The highest BCUT2D eigenvalue weighted by atomic mass is 32.2. The Morgan fingerprint density at radius 1 is 1.21 bits per heavy atom. The zero-order valence-electron chi connectivity index (χ0n) is 7.58. The highest BCUT2D eigenvalue weighted by molar-refractivity contribution is 7.89. The van der Waals surface area contributed by atoms with Gasteiger partial charge in [0.15, 0.2) is 0 Å². The molecular formula is C7H11BNO4S. The van der Waals surface area contributed by atoms with Crippen molar-refractivity contribution < 1.29 is 18.5 Å². The van der Waals surface area contributed by atoms with Crippen LogP contribution in [-0.4, -0.2) is 33.2 Å². The van der Waals surface area contributed by atoms with Crippen LogP contribution in [-0.2, 0) is 10.0 Å². The molecule has 0 aliphatic heterocycles. The summed E-state index contributed by atoms with van der Waals surface area (Å²) in [6, 6.07) is 8.24. The monoisotopic (exact) mass is 216 g/mol. The number of hydrogen-bond acceptors (Lipinski definition) is 4. The highest BCUT2D eigenvalue weighted by Gasteiger charge is 2.08. The van der Waals surface area contributed by atoms with E-state index in [0.717, 1.165) is 0 Å². The van der Waals surface area contributed by atoms with Gasteiger partial charge in [-0.2, -0.15) is 0 Å². The topological polar surface area (TPSA) is 86.6 Å². The summed E-state index contributed by atoms with van der Waals surface area (Å²) in [4.78, 5) is 0.294. The van der Waals surface area contributed by atoms with E-state index < -0.39 is 10.0 Å². The smallest absolute Gasteiger partial charge is 0.429 e. The predicted molar refractivity (Wildman–Crippen MR) is 52.9 cm³/mol. The van der Waals surface area contributed by atoms with Gasteiger partial charge in [-0.05, 0) is 19.2 Å². The normalized spacial score (nSPS) is 9.93. The largest absolute Gasteiger partial charge is 0.482 e. The van der Waals surface area contributed by atoms with E-state index in [2.05, 4.69) is 4.72 Å². The number of benzene rings is 1. The fraction of sp³-hybridized carbons (Fsp3) is 0.143. The van der Waals surface area contributed by atoms with Gasteiger partial charge in [-0.15, -0.1) is 0 Å². The molecule has 0 spiro atoms. The van der Waals surface area contributed by atoms with Crippen LogP contribution in [0.4, 0.5) is 0 Å². The van der Waals surface area contributed by atoms with E-state index in [9.17, 15) is 8.42 Å². The van der Waals surface area contributed by atoms with Crippen molar-refractivity contribution in [2.45, 2.75) is 4.90 Å². The molecule has 0 aromatic heterocycles. The Morgan fingerprint density at radius 2 is 1.64 bits per heavy atom. The molecule has 5 nitrogen and oxygen atoms in total. The number of rotatable bonds is 2. The molecule has 3 N–H and O–H groups in total. The molecule has 7 heteroatoms. The summed E-state index contributed by atoms with van der Waals surface area (Å²) in [5.41, 5.74) is 0. The Hall–Kier alpha value is -0.885. The second kappa shape index (κ2) is 6.55. The van der Waals surface area contributed by atoms with Crippen molar-refractivity contribution in [2.24, 2.45) is 0 Å². The minimum Gasteiger partial charge on any atom is -0.429 e. The second-order valence-corrected chi connectivity index (χ2v) is 4.02. The highest BCUT2D eigenvalue weighted by Crippen LogP contribution is 2.05. The summed E-state index contributed by atoms with van der Waals surface area (Å²) in [5.74, 6) is 0. The Labute approximate surface area is 83.8 Å². The summed E-state index contributed by atoms with van der Waals surface area (Å²) in [5, 5.41) is 14.0. The molecule has 0 fully saturated rings. The maximum Gasteiger partial charge on any atom is 0.482 e. The fourth-order valence-corrected chi connectivity index (χ4v) is 1.47. The van der Waals surface area contributed by atoms with Crippen LogP contribution >= 0.6 is 0 Å². The lowest BCUT2D eigenvalue weighted by Gasteiger charge is -1.99. The molecule has 1 radical (unpaired) electrons. The van der Waals surface area contributed by atoms with E-state index in [-0.39, 0.29) is 7.69 Å². The van der Waals surface area contributed by atoms with Crippen LogP contribution in [0.2, 0.25) is 0 Å². The molecule has 0 amide bonds. The average Bonchev–Trinajstić information content (AvgIpc) is 2.20. The van der Waals surface area contributed by atoms with Gasteiger partial charge in [0.05, 0.1) is 4.90 Å². The van der Waals surface area contributed by atoms with Gasteiger partial charge in [0.1, 0.15) is 0 Å². The molecule has 14 heavy (non-hydrogen) atoms. The Bertz CT molecular complexity index is 340. The number of sulfonamides is 1. The van der Waals surface area contributed by atoms with Gasteiger partial charge in [-0.3, -0.25) is 0 Å². The summed E-state index contributed by atoms with van der Waals surface area (Å²) in [7, 11) is -1.86. The zero-order chi connectivity index (χ0) is 11.0. The third-order valence-corrected chi connectivity index (χ3v) is 2.75. The van der Waals surface area contributed by atoms with Crippen molar-refractivity contribution in [3.05, 3.63) is 30.3 Å². The minimum atomic E-state index is -3.25. The van der Waals surface area contributed by atoms with Gasteiger partial charge in [-0.1, -0.05) is 18.2 Å². The standard InChI is InChI=1S/C7H9NO2S.BH2O2/c1-8-11(9,10)7-5-3-2-4-6-7;2-1-3/h2-6,8H,1H3;2-3H. The second-order valence-electron chi connectivity index (χ2n) is 2.14. The lowest BCUT2D eigenvalue weighted by molar-refractivity contribution is 0.448. The summed E-state index contributed by atoms with van der Waals surface area (Å²) >= 11 is 0. The lowest BCUT2D eigenvalue weighted by Crippen LogP contribution is -2.18. The van der Waals surface area contributed by atoms with E-state index in [0.29, 0.717) is 4.90 Å². The van der Waals surface area contributed by atoms with Crippen LogP contribution in [0.1, 0.15) is 0 Å². The molecule has 0 aliphatic carbocycles. The average molecular weight is 216 g/mol. The molecule has 0 unspecified atom stereocenters. The zero-order valence-corrected chi connectivity index (χ0v) is 8.40. The van der Waals surface area contributed by atoms with Gasteiger partial charge in [0.2, 0.25) is 10.0 Å². The van der Waals surface area contributed by atoms with E-state index in [1.807, 2.05) is 0 Å². The van der Waals surface area contributed by atoms with E-state index >= 15 is 0 Å².